The molecular weight excluding hydrogens is 220 g/mol. The quantitative estimate of drug-likeness (QED) is 0.719. The van der Waals surface area contributed by atoms with Crippen LogP contribution >= 0.6 is 0 Å². The fourth-order valence-electron chi connectivity index (χ4n) is 2.78. The van der Waals surface area contributed by atoms with Gasteiger partial charge in [-0.2, -0.15) is 5.26 Å². The van der Waals surface area contributed by atoms with E-state index in [9.17, 15) is 9.90 Å². The predicted molar refractivity (Wildman–Crippen MR) is 60.0 cm³/mol. The number of nitriles is 1. The van der Waals surface area contributed by atoms with E-state index in [1.165, 1.54) is 0 Å². The van der Waals surface area contributed by atoms with Crippen molar-refractivity contribution in [3.8, 4) is 6.07 Å². The third-order valence-corrected chi connectivity index (χ3v) is 3.59. The molecule has 2 aliphatic rings. The van der Waals surface area contributed by atoms with Crippen molar-refractivity contribution in [1.29, 1.82) is 5.26 Å². The van der Waals surface area contributed by atoms with Crippen LogP contribution in [-0.2, 0) is 9.53 Å². The van der Waals surface area contributed by atoms with Crippen molar-refractivity contribution in [1.82, 2.24) is 4.90 Å². The van der Waals surface area contributed by atoms with E-state index in [4.69, 9.17) is 10.00 Å². The number of amides is 1. The second-order valence-electron chi connectivity index (χ2n) is 4.93. The largest absolute Gasteiger partial charge is 0.393 e. The van der Waals surface area contributed by atoms with Crippen molar-refractivity contribution in [2.45, 2.75) is 43.8 Å². The molecule has 0 aromatic rings. The lowest BCUT2D eigenvalue weighted by Gasteiger charge is -2.46. The van der Waals surface area contributed by atoms with E-state index in [2.05, 4.69) is 0 Å². The summed E-state index contributed by atoms with van der Waals surface area (Å²) in [5.74, 6) is -0.129. The van der Waals surface area contributed by atoms with Gasteiger partial charge in [0.25, 0.3) is 0 Å². The Kier molecular flexibility index (Phi) is 3.65. The summed E-state index contributed by atoms with van der Waals surface area (Å²) in [5.41, 5.74) is -0.374. The maximum atomic E-state index is 11.7. The molecule has 2 saturated heterocycles. The molecule has 94 valence electrons. The van der Waals surface area contributed by atoms with E-state index in [1.54, 1.807) is 4.90 Å². The van der Waals surface area contributed by atoms with Crippen LogP contribution in [0.25, 0.3) is 0 Å². The Bertz CT molecular complexity index is 335. The van der Waals surface area contributed by atoms with Crippen molar-refractivity contribution < 1.29 is 14.6 Å². The van der Waals surface area contributed by atoms with Crippen molar-refractivity contribution in [2.24, 2.45) is 0 Å². The van der Waals surface area contributed by atoms with Crippen LogP contribution in [0, 0.1) is 11.3 Å². The molecule has 0 unspecified atom stereocenters. The van der Waals surface area contributed by atoms with Gasteiger partial charge >= 0.3 is 0 Å². The van der Waals surface area contributed by atoms with Crippen molar-refractivity contribution in [3.63, 3.8) is 0 Å². The number of rotatable bonds is 1. The summed E-state index contributed by atoms with van der Waals surface area (Å²) in [6.45, 7) is 1.77. The molecular formula is C12H18N2O3. The van der Waals surface area contributed by atoms with Gasteiger partial charge in [-0.1, -0.05) is 0 Å². The molecule has 2 rings (SSSR count). The zero-order valence-electron chi connectivity index (χ0n) is 9.89. The van der Waals surface area contributed by atoms with Gasteiger partial charge in [-0.15, -0.1) is 0 Å². The number of aliphatic hydroxyl groups excluding tert-OH is 1. The van der Waals surface area contributed by atoms with Gasteiger partial charge in [0.1, 0.15) is 6.42 Å². The number of carbonyl (C=O) groups excluding carboxylic acids is 1. The Morgan fingerprint density at radius 1 is 1.65 bits per heavy atom. The van der Waals surface area contributed by atoms with E-state index >= 15 is 0 Å². The van der Waals surface area contributed by atoms with Crippen LogP contribution in [0.3, 0.4) is 0 Å². The SMILES string of the molecule is N#CCC(=O)N1CCC[C@@]2(C[C@H](O)CCO2)C1. The summed E-state index contributed by atoms with van der Waals surface area (Å²) in [6.07, 6.45) is 2.65. The average molecular weight is 238 g/mol. The summed E-state index contributed by atoms with van der Waals surface area (Å²) < 4.78 is 5.80. The molecule has 2 aliphatic heterocycles. The zero-order chi connectivity index (χ0) is 12.3. The Labute approximate surface area is 101 Å². The normalized spacial score (nSPS) is 33.4. The number of ether oxygens (including phenoxy) is 1. The minimum Gasteiger partial charge on any atom is -0.393 e. The molecule has 0 aromatic heterocycles. The highest BCUT2D eigenvalue weighted by Crippen LogP contribution is 2.33. The van der Waals surface area contributed by atoms with Gasteiger partial charge in [-0.05, 0) is 19.3 Å². The fraction of sp³-hybridized carbons (Fsp3) is 0.833. The summed E-state index contributed by atoms with van der Waals surface area (Å²) in [4.78, 5) is 13.4. The van der Waals surface area contributed by atoms with Crippen LogP contribution in [0.2, 0.25) is 0 Å². The van der Waals surface area contributed by atoms with E-state index in [1.807, 2.05) is 6.07 Å². The van der Waals surface area contributed by atoms with Crippen LogP contribution in [-0.4, -0.2) is 47.3 Å². The van der Waals surface area contributed by atoms with Gasteiger partial charge in [0.05, 0.1) is 17.8 Å². The molecule has 0 radical (unpaired) electrons. The molecule has 2 fully saturated rings. The Morgan fingerprint density at radius 3 is 3.18 bits per heavy atom. The first-order chi connectivity index (χ1) is 8.15. The standard InChI is InChI=1S/C12H18N2O3/c13-5-2-11(16)14-6-1-4-12(9-14)8-10(15)3-7-17-12/h10,15H,1-4,6-9H2/t10-,12-/m1/s1. The number of hydrogen-bond acceptors (Lipinski definition) is 4. The minimum absolute atomic E-state index is 0.0708. The molecule has 0 bridgehead atoms. The van der Waals surface area contributed by atoms with E-state index in [0.717, 1.165) is 12.8 Å². The van der Waals surface area contributed by atoms with Crippen molar-refractivity contribution in [3.05, 3.63) is 0 Å². The molecule has 5 heteroatoms. The van der Waals surface area contributed by atoms with Crippen LogP contribution in [0.5, 0.6) is 0 Å². The summed E-state index contributed by atoms with van der Waals surface area (Å²) >= 11 is 0. The van der Waals surface area contributed by atoms with E-state index in [0.29, 0.717) is 32.5 Å². The van der Waals surface area contributed by atoms with Gasteiger partial charge in [0.15, 0.2) is 0 Å². The maximum absolute atomic E-state index is 11.7. The van der Waals surface area contributed by atoms with Gasteiger partial charge in [-0.3, -0.25) is 4.79 Å². The smallest absolute Gasteiger partial charge is 0.236 e. The molecule has 5 nitrogen and oxygen atoms in total. The van der Waals surface area contributed by atoms with Crippen molar-refractivity contribution in [2.75, 3.05) is 19.7 Å². The molecule has 1 N–H and O–H groups in total. The monoisotopic (exact) mass is 238 g/mol. The van der Waals surface area contributed by atoms with Gasteiger partial charge in [-0.25, -0.2) is 0 Å². The van der Waals surface area contributed by atoms with Gasteiger partial charge < -0.3 is 14.7 Å². The Hall–Kier alpha value is -1.12. The number of aliphatic hydroxyl groups is 1. The first-order valence-electron chi connectivity index (χ1n) is 6.12. The van der Waals surface area contributed by atoms with Gasteiger partial charge in [0.2, 0.25) is 5.91 Å². The molecule has 0 saturated carbocycles. The first kappa shape index (κ1) is 12.3. The molecule has 2 heterocycles. The number of piperidine rings is 1. The molecule has 0 aliphatic carbocycles. The Morgan fingerprint density at radius 2 is 2.47 bits per heavy atom. The minimum atomic E-state index is -0.374. The molecule has 17 heavy (non-hydrogen) atoms. The maximum Gasteiger partial charge on any atom is 0.236 e. The van der Waals surface area contributed by atoms with Crippen LogP contribution in [0.15, 0.2) is 0 Å². The molecule has 1 spiro atoms. The van der Waals surface area contributed by atoms with Crippen LogP contribution < -0.4 is 0 Å². The third kappa shape index (κ3) is 2.76. The fourth-order valence-corrected chi connectivity index (χ4v) is 2.78. The molecule has 1 amide bonds. The van der Waals surface area contributed by atoms with E-state index < -0.39 is 0 Å². The van der Waals surface area contributed by atoms with Gasteiger partial charge in [0, 0.05) is 26.1 Å². The number of carbonyl (C=O) groups is 1. The summed E-state index contributed by atoms with van der Waals surface area (Å²) in [5, 5.41) is 18.3. The lowest BCUT2D eigenvalue weighted by atomic mass is 9.84. The second-order valence-corrected chi connectivity index (χ2v) is 4.93. The lowest BCUT2D eigenvalue weighted by Crippen LogP contribution is -2.55. The molecule has 0 aromatic carbocycles. The molecule has 2 atom stereocenters. The number of nitrogens with zero attached hydrogens (tertiary/aromatic N) is 2. The van der Waals surface area contributed by atoms with E-state index in [-0.39, 0.29) is 24.0 Å². The third-order valence-electron chi connectivity index (χ3n) is 3.59. The summed E-state index contributed by atoms with van der Waals surface area (Å²) in [7, 11) is 0. The topological polar surface area (TPSA) is 73.6 Å². The second kappa shape index (κ2) is 5.03. The first-order valence-corrected chi connectivity index (χ1v) is 6.12. The van der Waals surface area contributed by atoms with Crippen molar-refractivity contribution >= 4 is 5.91 Å². The lowest BCUT2D eigenvalue weighted by molar-refractivity contribution is -0.160. The highest BCUT2D eigenvalue weighted by molar-refractivity contribution is 5.78. The highest BCUT2D eigenvalue weighted by atomic mass is 16.5. The van der Waals surface area contributed by atoms with Crippen LogP contribution in [0.4, 0.5) is 0 Å². The summed E-state index contributed by atoms with van der Waals surface area (Å²) in [6, 6.07) is 1.88. The number of likely N-dealkylation sites (tertiary alicyclic amines) is 1. The predicted octanol–water partition coefficient (Wildman–Crippen LogP) is 0.433. The van der Waals surface area contributed by atoms with Crippen LogP contribution in [0.1, 0.15) is 32.1 Å². The Balaban J connectivity index is 2.01. The average Bonchev–Trinajstić information content (AvgIpc) is 2.29. The number of hydrogen-bond donors (Lipinski definition) is 1. The highest BCUT2D eigenvalue weighted by Gasteiger charge is 2.41. The zero-order valence-corrected chi connectivity index (χ0v) is 9.89.